The zero-order valence-corrected chi connectivity index (χ0v) is 38.9. The van der Waals surface area contributed by atoms with Crippen molar-refractivity contribution in [1.29, 1.82) is 0 Å². The molecule has 0 amide bonds. The lowest BCUT2D eigenvalue weighted by Crippen LogP contribution is -2.08. The monoisotopic (exact) mass is 926 g/mol. The van der Waals surface area contributed by atoms with Gasteiger partial charge in [-0.15, -0.1) is 0 Å². The summed E-state index contributed by atoms with van der Waals surface area (Å²) in [6, 6.07) is 65.9. The normalized spacial score (nSPS) is 12.0. The van der Waals surface area contributed by atoms with Gasteiger partial charge in [-0.1, -0.05) is 133 Å². The first kappa shape index (κ1) is 40.1. The van der Waals surface area contributed by atoms with Crippen LogP contribution in [0.15, 0.2) is 203 Å². The molecule has 0 saturated carbocycles. The Morgan fingerprint density at radius 3 is 1.19 bits per heavy atom. The molecule has 10 nitrogen and oxygen atoms in total. The highest BCUT2D eigenvalue weighted by Gasteiger charge is 2.28. The number of para-hydroxylation sites is 4. The molecule has 0 atom stereocenters. The first-order valence-corrected chi connectivity index (χ1v) is 23.9. The smallest absolute Gasteiger partial charge is 0.238 e. The summed E-state index contributed by atoms with van der Waals surface area (Å²) in [5.74, 6) is 3.23. The third-order valence-corrected chi connectivity index (χ3v) is 14.3. The maximum atomic E-state index is 6.29. The average molecular weight is 927 g/mol. The molecule has 10 heteroatoms. The molecule has 0 aliphatic carbocycles. The van der Waals surface area contributed by atoms with Crippen LogP contribution in [0, 0.1) is 13.8 Å². The number of hydrogen-bond donors (Lipinski definition) is 0. The van der Waals surface area contributed by atoms with Crippen LogP contribution in [0.1, 0.15) is 11.1 Å². The number of furan rings is 2. The van der Waals surface area contributed by atoms with Crippen molar-refractivity contribution in [1.82, 2.24) is 39.0 Å². The van der Waals surface area contributed by atoms with E-state index in [1.807, 2.05) is 121 Å². The second kappa shape index (κ2) is 15.4. The molecule has 0 fully saturated rings. The lowest BCUT2D eigenvalue weighted by Gasteiger charge is -2.14. The van der Waals surface area contributed by atoms with Crippen molar-refractivity contribution < 1.29 is 8.83 Å². The van der Waals surface area contributed by atoms with Gasteiger partial charge in [-0.05, 0) is 85.6 Å². The number of rotatable bonds is 6. The second-order valence-electron chi connectivity index (χ2n) is 18.3. The van der Waals surface area contributed by atoms with Gasteiger partial charge < -0.3 is 8.83 Å². The number of hydrogen-bond acceptors (Lipinski definition) is 8. The van der Waals surface area contributed by atoms with Gasteiger partial charge >= 0.3 is 0 Å². The van der Waals surface area contributed by atoms with Crippen molar-refractivity contribution in [3.63, 3.8) is 0 Å². The number of nitrogens with zero attached hydrogens (tertiary/aromatic N) is 8. The summed E-state index contributed by atoms with van der Waals surface area (Å²) in [5.41, 5.74) is 12.8. The van der Waals surface area contributed by atoms with Crippen LogP contribution in [0.5, 0.6) is 0 Å². The molecule has 0 radical (unpaired) electrons. The molecular weight excluding hydrogens is 889 g/mol. The highest BCUT2D eigenvalue weighted by molar-refractivity contribution is 6.28. The average Bonchev–Trinajstić information content (AvgIpc) is 4.20. The minimum Gasteiger partial charge on any atom is -0.456 e. The lowest BCUT2D eigenvalue weighted by molar-refractivity contribution is 0.668. The summed E-state index contributed by atoms with van der Waals surface area (Å²) >= 11 is 0. The minimum absolute atomic E-state index is 0.481. The third-order valence-electron chi connectivity index (χ3n) is 14.3. The molecule has 15 rings (SSSR count). The molecule has 338 valence electrons. The van der Waals surface area contributed by atoms with E-state index in [1.54, 1.807) is 0 Å². The van der Waals surface area contributed by atoms with E-state index in [2.05, 4.69) is 95.8 Å². The summed E-state index contributed by atoms with van der Waals surface area (Å²) in [6.45, 7) is 4.42. The molecule has 6 heterocycles. The van der Waals surface area contributed by atoms with E-state index in [-0.39, 0.29) is 0 Å². The zero-order chi connectivity index (χ0) is 47.6. The Morgan fingerprint density at radius 2 is 0.694 bits per heavy atom. The van der Waals surface area contributed by atoms with Crippen LogP contribution >= 0.6 is 0 Å². The van der Waals surface area contributed by atoms with E-state index in [0.717, 1.165) is 121 Å². The molecule has 15 aromatic rings. The van der Waals surface area contributed by atoms with Crippen LogP contribution in [-0.4, -0.2) is 39.0 Å². The van der Waals surface area contributed by atoms with Gasteiger partial charge in [0.05, 0.1) is 22.1 Å². The van der Waals surface area contributed by atoms with Crippen LogP contribution < -0.4 is 0 Å². The van der Waals surface area contributed by atoms with E-state index in [9.17, 15) is 0 Å². The second-order valence-corrected chi connectivity index (χ2v) is 18.3. The number of benzene rings is 9. The maximum absolute atomic E-state index is 6.29. The number of fused-ring (bicyclic) bond motifs is 13. The highest BCUT2D eigenvalue weighted by atomic mass is 16.3. The van der Waals surface area contributed by atoms with Crippen LogP contribution in [0.2, 0.25) is 0 Å². The zero-order valence-electron chi connectivity index (χ0n) is 38.9. The summed E-state index contributed by atoms with van der Waals surface area (Å²) in [5, 5.41) is 8.30. The summed E-state index contributed by atoms with van der Waals surface area (Å²) in [4.78, 5) is 32.0. The first-order valence-electron chi connectivity index (χ1n) is 23.9. The minimum atomic E-state index is 0.481. The predicted molar refractivity (Wildman–Crippen MR) is 288 cm³/mol. The van der Waals surface area contributed by atoms with Gasteiger partial charge in [-0.25, -0.2) is 9.97 Å². The molecule has 9 aromatic carbocycles. The summed E-state index contributed by atoms with van der Waals surface area (Å²) in [6.07, 6.45) is 0. The van der Waals surface area contributed by atoms with Crippen molar-refractivity contribution in [3.05, 3.63) is 205 Å². The van der Waals surface area contributed by atoms with Crippen molar-refractivity contribution in [2.75, 3.05) is 0 Å². The Balaban J connectivity index is 1.05. The van der Waals surface area contributed by atoms with E-state index >= 15 is 0 Å². The fraction of sp³-hybridized carbons (Fsp3) is 0.0323. The van der Waals surface area contributed by atoms with Crippen LogP contribution in [0.3, 0.4) is 0 Å². The Kier molecular flexibility index (Phi) is 8.55. The van der Waals surface area contributed by atoms with Gasteiger partial charge in [-0.2, -0.15) is 19.9 Å². The molecule has 6 aromatic heterocycles. The lowest BCUT2D eigenvalue weighted by atomic mass is 9.98. The number of aromatic nitrogens is 8. The van der Waals surface area contributed by atoms with Gasteiger partial charge in [0.25, 0.3) is 0 Å². The standard InChI is InChI=1S/C62H38N8O2/c1-35-36(2)55-54(44-24-10-14-26-48(44)69(55)61-65-57(37-17-5-3-6-18-37)63-58(66-61)38-19-7-4-8-20-38)56-53(35)43-23-9-13-25-47(43)70(56)62-67-59(39-29-31-51-45(33-39)41-21-11-15-27-49(41)71-51)64-60(68-62)40-30-32-52-46(34-40)42-22-12-16-28-50(42)72-52/h3-34H,1-2H3. The highest BCUT2D eigenvalue weighted by Crippen LogP contribution is 2.46. The fourth-order valence-electron chi connectivity index (χ4n) is 10.8. The molecule has 0 spiro atoms. The van der Waals surface area contributed by atoms with E-state index < -0.39 is 0 Å². The van der Waals surface area contributed by atoms with Crippen molar-refractivity contribution in [2.24, 2.45) is 0 Å². The predicted octanol–water partition coefficient (Wildman–Crippen LogP) is 15.3. The molecular formula is C62H38N8O2. The van der Waals surface area contributed by atoms with Crippen LogP contribution in [-0.2, 0) is 0 Å². The fourth-order valence-corrected chi connectivity index (χ4v) is 10.8. The Morgan fingerprint density at radius 1 is 0.306 bits per heavy atom. The Hall–Kier alpha value is -9.80. The maximum Gasteiger partial charge on any atom is 0.238 e. The molecule has 0 saturated heterocycles. The molecule has 0 unspecified atom stereocenters. The first-order chi connectivity index (χ1) is 35.5. The number of aryl methyl sites for hydroxylation is 2. The molecule has 72 heavy (non-hydrogen) atoms. The van der Waals surface area contributed by atoms with Crippen LogP contribution in [0.25, 0.3) is 145 Å². The quantitative estimate of drug-likeness (QED) is 0.162. The van der Waals surface area contributed by atoms with Gasteiger partial charge in [0.2, 0.25) is 11.9 Å². The Labute approximate surface area is 410 Å². The Bertz CT molecular complexity index is 4530. The summed E-state index contributed by atoms with van der Waals surface area (Å²) < 4.78 is 17.0. The van der Waals surface area contributed by atoms with Crippen molar-refractivity contribution in [3.8, 4) is 57.4 Å². The molecule has 0 aliphatic heterocycles. The van der Waals surface area contributed by atoms with Gasteiger partial charge in [-0.3, -0.25) is 9.13 Å². The molecule has 0 aliphatic rings. The SMILES string of the molecule is Cc1c(C)c2c(c3ccccc3n2-c2nc(-c3ccccc3)nc(-c3ccccc3)n2)c2c1c1ccccc1n2-c1nc(-c2ccc3oc4ccccc4c3c2)nc(-c2ccc3oc4ccccc4c3c2)n1. The molecule has 0 N–H and O–H groups in total. The molecule has 0 bridgehead atoms. The van der Waals surface area contributed by atoms with E-state index in [0.29, 0.717) is 35.2 Å². The summed E-state index contributed by atoms with van der Waals surface area (Å²) in [7, 11) is 0. The van der Waals surface area contributed by atoms with Gasteiger partial charge in [0.1, 0.15) is 22.3 Å². The third kappa shape index (κ3) is 5.96. The van der Waals surface area contributed by atoms with E-state index in [1.165, 1.54) is 0 Å². The van der Waals surface area contributed by atoms with Crippen LogP contribution in [0.4, 0.5) is 0 Å². The van der Waals surface area contributed by atoms with Gasteiger partial charge in [0, 0.05) is 65.3 Å². The van der Waals surface area contributed by atoms with Gasteiger partial charge in [0.15, 0.2) is 23.3 Å². The topological polar surface area (TPSA) is 113 Å². The largest absolute Gasteiger partial charge is 0.456 e. The van der Waals surface area contributed by atoms with Crippen molar-refractivity contribution in [2.45, 2.75) is 13.8 Å². The van der Waals surface area contributed by atoms with E-state index in [4.69, 9.17) is 38.7 Å². The van der Waals surface area contributed by atoms with Crippen molar-refractivity contribution >= 4 is 87.5 Å².